The number of carbonyl (C=O) groups is 1. The monoisotopic (exact) mass is 339 g/mol. The first-order chi connectivity index (χ1) is 11.6. The van der Waals surface area contributed by atoms with E-state index in [0.29, 0.717) is 11.9 Å². The summed E-state index contributed by atoms with van der Waals surface area (Å²) in [5.74, 6) is 0.0461. The summed E-state index contributed by atoms with van der Waals surface area (Å²) in [4.78, 5) is 32.0. The summed E-state index contributed by atoms with van der Waals surface area (Å²) in [6.07, 6.45) is 2.70. The van der Waals surface area contributed by atoms with Gasteiger partial charge in [0.25, 0.3) is 5.56 Å². The highest BCUT2D eigenvalue weighted by Crippen LogP contribution is 2.32. The number of hydrogen-bond donors (Lipinski definition) is 0. The molecule has 0 fully saturated rings. The van der Waals surface area contributed by atoms with Crippen molar-refractivity contribution in [3.8, 4) is 0 Å². The Balaban J connectivity index is 1.54. The van der Waals surface area contributed by atoms with Gasteiger partial charge in [0.2, 0.25) is 5.91 Å². The van der Waals surface area contributed by atoms with Crippen LogP contribution in [-0.2, 0) is 17.8 Å². The molecule has 1 aliphatic rings. The SMILES string of the molecule is C[C@H]1Cc2ccccc2N1C(=O)CCn1cnc2sccc2c1=O. The van der Waals surface area contributed by atoms with Crippen LogP contribution in [0.2, 0.25) is 0 Å². The molecule has 0 radical (unpaired) electrons. The maximum absolute atomic E-state index is 12.7. The zero-order valence-electron chi connectivity index (χ0n) is 13.3. The molecule has 5 nitrogen and oxygen atoms in total. The molecule has 1 amide bonds. The molecule has 0 saturated heterocycles. The van der Waals surface area contributed by atoms with Gasteiger partial charge >= 0.3 is 0 Å². The summed E-state index contributed by atoms with van der Waals surface area (Å²) in [6.45, 7) is 2.41. The number of anilines is 1. The molecule has 4 rings (SSSR count). The first kappa shape index (κ1) is 15.1. The molecule has 6 heteroatoms. The van der Waals surface area contributed by atoms with Crippen molar-refractivity contribution < 1.29 is 4.79 Å². The number of nitrogens with zero attached hydrogens (tertiary/aromatic N) is 3. The molecule has 3 heterocycles. The van der Waals surface area contributed by atoms with E-state index < -0.39 is 0 Å². The lowest BCUT2D eigenvalue weighted by Gasteiger charge is -2.22. The first-order valence-corrected chi connectivity index (χ1v) is 8.86. The largest absolute Gasteiger partial charge is 0.309 e. The standard InChI is InChI=1S/C18H17N3O2S/c1-12-10-13-4-2-3-5-15(13)21(12)16(22)6-8-20-11-19-17-14(18(20)23)7-9-24-17/h2-5,7,9,11-12H,6,8,10H2,1H3/t12-/m0/s1. The highest BCUT2D eigenvalue weighted by Gasteiger charge is 2.30. The van der Waals surface area contributed by atoms with E-state index in [4.69, 9.17) is 0 Å². The van der Waals surface area contributed by atoms with Gasteiger partial charge in [-0.25, -0.2) is 4.98 Å². The van der Waals surface area contributed by atoms with Crippen molar-refractivity contribution >= 4 is 33.1 Å². The van der Waals surface area contributed by atoms with Crippen LogP contribution < -0.4 is 10.5 Å². The first-order valence-electron chi connectivity index (χ1n) is 7.98. The van der Waals surface area contributed by atoms with Gasteiger partial charge < -0.3 is 4.90 Å². The number of hydrogen-bond acceptors (Lipinski definition) is 4. The molecule has 1 atom stereocenters. The lowest BCUT2D eigenvalue weighted by atomic mass is 10.1. The average Bonchev–Trinajstić information content (AvgIpc) is 3.17. The Hall–Kier alpha value is -2.47. The fourth-order valence-corrected chi connectivity index (χ4v) is 4.06. The van der Waals surface area contributed by atoms with Crippen LogP contribution in [0.1, 0.15) is 18.9 Å². The van der Waals surface area contributed by atoms with Crippen LogP contribution in [0.15, 0.2) is 46.8 Å². The van der Waals surface area contributed by atoms with E-state index in [1.165, 1.54) is 27.8 Å². The van der Waals surface area contributed by atoms with Crippen LogP contribution in [0.4, 0.5) is 5.69 Å². The van der Waals surface area contributed by atoms with Crippen LogP contribution in [0, 0.1) is 0 Å². The number of rotatable bonds is 3. The summed E-state index contributed by atoms with van der Waals surface area (Å²) in [7, 11) is 0. The summed E-state index contributed by atoms with van der Waals surface area (Å²) >= 11 is 1.45. The third-order valence-corrected chi connectivity index (χ3v) is 5.31. The molecular formula is C18H17N3O2S. The maximum atomic E-state index is 12.7. The topological polar surface area (TPSA) is 55.2 Å². The predicted molar refractivity (Wildman–Crippen MR) is 95.6 cm³/mol. The fraction of sp³-hybridized carbons (Fsp3) is 0.278. The summed E-state index contributed by atoms with van der Waals surface area (Å²) in [5.41, 5.74) is 2.12. The lowest BCUT2D eigenvalue weighted by Crippen LogP contribution is -2.36. The number of fused-ring (bicyclic) bond motifs is 2. The van der Waals surface area contributed by atoms with Gasteiger partial charge in [-0.2, -0.15) is 0 Å². The van der Waals surface area contributed by atoms with Crippen molar-refractivity contribution in [2.75, 3.05) is 4.90 Å². The maximum Gasteiger partial charge on any atom is 0.262 e. The number of para-hydroxylation sites is 1. The molecular weight excluding hydrogens is 322 g/mol. The Morgan fingerprint density at radius 1 is 1.33 bits per heavy atom. The molecule has 3 aromatic rings. The molecule has 0 unspecified atom stereocenters. The Bertz CT molecular complexity index is 976. The molecule has 0 spiro atoms. The van der Waals surface area contributed by atoms with Gasteiger partial charge in [-0.05, 0) is 36.4 Å². The van der Waals surface area contributed by atoms with Crippen LogP contribution in [-0.4, -0.2) is 21.5 Å². The zero-order chi connectivity index (χ0) is 16.7. The normalized spacial score (nSPS) is 16.5. The number of amides is 1. The number of benzene rings is 1. The Morgan fingerprint density at radius 2 is 2.17 bits per heavy atom. The van der Waals surface area contributed by atoms with Gasteiger partial charge in [-0.3, -0.25) is 14.2 Å². The van der Waals surface area contributed by atoms with Crippen molar-refractivity contribution in [1.82, 2.24) is 9.55 Å². The second kappa shape index (κ2) is 5.87. The average molecular weight is 339 g/mol. The minimum absolute atomic E-state index is 0.0461. The molecule has 24 heavy (non-hydrogen) atoms. The van der Waals surface area contributed by atoms with Crippen molar-refractivity contribution in [2.24, 2.45) is 0 Å². The van der Waals surface area contributed by atoms with Crippen LogP contribution >= 0.6 is 11.3 Å². The molecule has 0 bridgehead atoms. The van der Waals surface area contributed by atoms with Crippen molar-refractivity contribution in [3.63, 3.8) is 0 Å². The van der Waals surface area contributed by atoms with E-state index in [0.717, 1.165) is 16.9 Å². The van der Waals surface area contributed by atoms with Crippen molar-refractivity contribution in [2.45, 2.75) is 32.4 Å². The van der Waals surface area contributed by atoms with Gasteiger partial charge in [0.05, 0.1) is 11.7 Å². The molecule has 0 saturated carbocycles. The van der Waals surface area contributed by atoms with Crippen molar-refractivity contribution in [1.29, 1.82) is 0 Å². The Kier molecular flexibility index (Phi) is 3.69. The Morgan fingerprint density at radius 3 is 3.04 bits per heavy atom. The number of carbonyl (C=O) groups excluding carboxylic acids is 1. The molecule has 0 aliphatic carbocycles. The van der Waals surface area contributed by atoms with Crippen LogP contribution in [0.25, 0.3) is 10.2 Å². The van der Waals surface area contributed by atoms with Gasteiger partial charge in [0, 0.05) is 24.7 Å². The lowest BCUT2D eigenvalue weighted by molar-refractivity contribution is -0.119. The zero-order valence-corrected chi connectivity index (χ0v) is 14.1. The molecule has 1 aliphatic heterocycles. The highest BCUT2D eigenvalue weighted by atomic mass is 32.1. The third-order valence-electron chi connectivity index (χ3n) is 4.49. The second-order valence-corrected chi connectivity index (χ2v) is 6.97. The van der Waals surface area contributed by atoms with E-state index in [1.807, 2.05) is 28.5 Å². The molecule has 2 aromatic heterocycles. The number of aryl methyl sites for hydroxylation is 1. The highest BCUT2D eigenvalue weighted by molar-refractivity contribution is 7.16. The fourth-order valence-electron chi connectivity index (χ4n) is 3.33. The van der Waals surface area contributed by atoms with Crippen molar-refractivity contribution in [3.05, 3.63) is 58.0 Å². The van der Waals surface area contributed by atoms with E-state index in [2.05, 4.69) is 18.0 Å². The van der Waals surface area contributed by atoms with Crippen LogP contribution in [0.3, 0.4) is 0 Å². The predicted octanol–water partition coefficient (Wildman–Crippen LogP) is 2.83. The minimum Gasteiger partial charge on any atom is -0.309 e. The van der Waals surface area contributed by atoms with Gasteiger partial charge in [-0.1, -0.05) is 18.2 Å². The minimum atomic E-state index is -0.0797. The Labute approximate surface area is 143 Å². The van der Waals surface area contributed by atoms with Crippen LogP contribution in [0.5, 0.6) is 0 Å². The van der Waals surface area contributed by atoms with Gasteiger partial charge in [-0.15, -0.1) is 11.3 Å². The summed E-state index contributed by atoms with van der Waals surface area (Å²) < 4.78 is 1.53. The van der Waals surface area contributed by atoms with Gasteiger partial charge in [0.1, 0.15) is 4.83 Å². The van der Waals surface area contributed by atoms with Gasteiger partial charge in [0.15, 0.2) is 0 Å². The van der Waals surface area contributed by atoms with E-state index >= 15 is 0 Å². The second-order valence-electron chi connectivity index (χ2n) is 6.08. The number of aromatic nitrogens is 2. The smallest absolute Gasteiger partial charge is 0.262 e. The van der Waals surface area contributed by atoms with E-state index in [-0.39, 0.29) is 23.9 Å². The molecule has 1 aromatic carbocycles. The van der Waals surface area contributed by atoms with E-state index in [1.54, 1.807) is 6.07 Å². The molecule has 122 valence electrons. The quantitative estimate of drug-likeness (QED) is 0.737. The number of thiophene rings is 1. The summed E-state index contributed by atoms with van der Waals surface area (Å²) in [5, 5.41) is 2.48. The van der Waals surface area contributed by atoms with E-state index in [9.17, 15) is 9.59 Å². The third kappa shape index (κ3) is 2.43. The molecule has 0 N–H and O–H groups in total. The summed E-state index contributed by atoms with van der Waals surface area (Å²) in [6, 6.07) is 9.95.